The molecule has 0 saturated carbocycles. The first-order chi connectivity index (χ1) is 12.0. The minimum absolute atomic E-state index is 0.702. The van der Waals surface area contributed by atoms with E-state index in [1.165, 1.54) is 21.9 Å². The molecule has 0 unspecified atom stereocenters. The topological polar surface area (TPSA) is 27.7 Å². The molecule has 0 bridgehead atoms. The lowest BCUT2D eigenvalue weighted by molar-refractivity contribution is 0.0698. The van der Waals surface area contributed by atoms with E-state index >= 15 is 0 Å². The van der Waals surface area contributed by atoms with E-state index in [1.54, 1.807) is 0 Å². The van der Waals surface area contributed by atoms with Crippen LogP contribution >= 0.6 is 0 Å². The summed E-state index contributed by atoms with van der Waals surface area (Å²) < 4.78 is 19.3. The van der Waals surface area contributed by atoms with Crippen LogP contribution in [0.2, 0.25) is 0 Å². The Balaban J connectivity index is 3.23. The molecule has 3 nitrogen and oxygen atoms in total. The Hall–Kier alpha value is -0.683. The first kappa shape index (κ1) is 22.4. The molecule has 1 aromatic carbocycles. The van der Waals surface area contributed by atoms with Gasteiger partial charge in [-0.3, -0.25) is 0 Å². The SMILES string of the molecule is CCCCO[Si](OCCCC)(OCCCC)c1c(C)cc(C)cc1C. The van der Waals surface area contributed by atoms with Gasteiger partial charge in [0.25, 0.3) is 0 Å². The maximum absolute atomic E-state index is 6.45. The molecule has 4 heteroatoms. The molecule has 25 heavy (non-hydrogen) atoms. The van der Waals surface area contributed by atoms with Gasteiger partial charge in [0.15, 0.2) is 0 Å². The van der Waals surface area contributed by atoms with Crippen LogP contribution in [0.4, 0.5) is 0 Å². The van der Waals surface area contributed by atoms with Crippen LogP contribution < -0.4 is 5.19 Å². The van der Waals surface area contributed by atoms with Crippen molar-refractivity contribution in [1.29, 1.82) is 0 Å². The molecule has 0 N–H and O–H groups in total. The zero-order valence-electron chi connectivity index (χ0n) is 17.2. The third-order valence-electron chi connectivity index (χ3n) is 4.35. The van der Waals surface area contributed by atoms with Crippen LogP contribution in [0, 0.1) is 20.8 Å². The molecular formula is C21H38O3Si. The van der Waals surface area contributed by atoms with Crippen molar-refractivity contribution in [2.75, 3.05) is 19.8 Å². The number of unbranched alkanes of at least 4 members (excludes halogenated alkanes) is 3. The van der Waals surface area contributed by atoms with Crippen LogP contribution in [0.3, 0.4) is 0 Å². The summed E-state index contributed by atoms with van der Waals surface area (Å²) in [6, 6.07) is 4.44. The lowest BCUT2D eigenvalue weighted by Gasteiger charge is -2.32. The third kappa shape index (κ3) is 6.85. The maximum Gasteiger partial charge on any atom is 0.537 e. The van der Waals surface area contributed by atoms with E-state index in [0.29, 0.717) is 19.8 Å². The van der Waals surface area contributed by atoms with E-state index in [9.17, 15) is 0 Å². The normalized spacial score (nSPS) is 11.9. The molecular weight excluding hydrogens is 328 g/mol. The first-order valence-corrected chi connectivity index (χ1v) is 11.7. The van der Waals surface area contributed by atoms with E-state index in [4.69, 9.17) is 13.3 Å². The summed E-state index contributed by atoms with van der Waals surface area (Å²) in [7, 11) is -2.90. The molecule has 0 radical (unpaired) electrons. The van der Waals surface area contributed by atoms with Gasteiger partial charge in [0.2, 0.25) is 0 Å². The smallest absolute Gasteiger partial charge is 0.370 e. The average molecular weight is 367 g/mol. The Morgan fingerprint density at radius 1 is 0.680 bits per heavy atom. The van der Waals surface area contributed by atoms with Gasteiger partial charge in [0, 0.05) is 25.0 Å². The van der Waals surface area contributed by atoms with Crippen molar-refractivity contribution in [2.24, 2.45) is 0 Å². The fourth-order valence-corrected chi connectivity index (χ4v) is 6.09. The molecule has 0 aromatic heterocycles. The van der Waals surface area contributed by atoms with E-state index in [-0.39, 0.29) is 0 Å². The standard InChI is InChI=1S/C21H38O3Si/c1-7-10-13-22-25(23-14-11-8-2,24-15-12-9-3)21-19(5)16-18(4)17-20(21)6/h16-17H,7-15H2,1-6H3. The highest BCUT2D eigenvalue weighted by Gasteiger charge is 2.46. The minimum Gasteiger partial charge on any atom is -0.370 e. The number of aryl methyl sites for hydroxylation is 3. The van der Waals surface area contributed by atoms with E-state index in [1.807, 2.05) is 0 Å². The van der Waals surface area contributed by atoms with Gasteiger partial charge in [0.1, 0.15) is 0 Å². The van der Waals surface area contributed by atoms with E-state index in [2.05, 4.69) is 53.7 Å². The van der Waals surface area contributed by atoms with Crippen LogP contribution in [0.15, 0.2) is 12.1 Å². The molecule has 1 aromatic rings. The van der Waals surface area contributed by atoms with Gasteiger partial charge in [-0.1, -0.05) is 57.7 Å². The number of rotatable bonds is 13. The lowest BCUT2D eigenvalue weighted by atomic mass is 10.1. The average Bonchev–Trinajstić information content (AvgIpc) is 2.54. The van der Waals surface area contributed by atoms with Crippen molar-refractivity contribution >= 4 is 14.0 Å². The molecule has 0 spiro atoms. The van der Waals surface area contributed by atoms with Gasteiger partial charge in [-0.15, -0.1) is 0 Å². The fraction of sp³-hybridized carbons (Fsp3) is 0.714. The molecule has 0 amide bonds. The number of hydrogen-bond acceptors (Lipinski definition) is 3. The Labute approximate surface area is 156 Å². The second-order valence-corrected chi connectivity index (χ2v) is 9.41. The summed E-state index contributed by atoms with van der Waals surface area (Å²) in [6.45, 7) is 15.1. The van der Waals surface area contributed by atoms with Gasteiger partial charge in [0.05, 0.1) is 0 Å². The van der Waals surface area contributed by atoms with Crippen molar-refractivity contribution in [3.8, 4) is 0 Å². The zero-order valence-corrected chi connectivity index (χ0v) is 18.2. The van der Waals surface area contributed by atoms with Gasteiger partial charge in [-0.25, -0.2) is 0 Å². The third-order valence-corrected chi connectivity index (χ3v) is 7.51. The Bertz CT molecular complexity index is 452. The summed E-state index contributed by atoms with van der Waals surface area (Å²) in [6.07, 6.45) is 6.44. The molecule has 0 heterocycles. The minimum atomic E-state index is -2.90. The van der Waals surface area contributed by atoms with Crippen LogP contribution in [0.1, 0.15) is 76.0 Å². The highest BCUT2D eigenvalue weighted by molar-refractivity contribution is 6.76. The molecule has 0 saturated heterocycles. The second-order valence-electron chi connectivity index (χ2n) is 6.94. The molecule has 0 aliphatic heterocycles. The predicted octanol–water partition coefficient (Wildman–Crippen LogP) is 5.21. The molecule has 144 valence electrons. The van der Waals surface area contributed by atoms with E-state index < -0.39 is 8.80 Å². The van der Waals surface area contributed by atoms with Gasteiger partial charge in [-0.2, -0.15) is 0 Å². The maximum atomic E-state index is 6.45. The number of hydrogen-bond donors (Lipinski definition) is 0. The quantitative estimate of drug-likeness (QED) is 0.354. The van der Waals surface area contributed by atoms with Crippen molar-refractivity contribution in [1.82, 2.24) is 0 Å². The van der Waals surface area contributed by atoms with Crippen LogP contribution in [-0.2, 0) is 13.3 Å². The molecule has 0 atom stereocenters. The Kier molecular flexibility index (Phi) is 10.6. The molecule has 1 rings (SSSR count). The van der Waals surface area contributed by atoms with Crippen molar-refractivity contribution < 1.29 is 13.3 Å². The monoisotopic (exact) mass is 366 g/mol. The summed E-state index contributed by atoms with van der Waals surface area (Å²) in [5.41, 5.74) is 3.74. The van der Waals surface area contributed by atoms with Crippen molar-refractivity contribution in [3.05, 3.63) is 28.8 Å². The predicted molar refractivity (Wildman–Crippen MR) is 109 cm³/mol. The molecule has 0 aliphatic carbocycles. The van der Waals surface area contributed by atoms with Gasteiger partial charge in [-0.05, 0) is 51.2 Å². The Morgan fingerprint density at radius 3 is 1.36 bits per heavy atom. The Morgan fingerprint density at radius 2 is 1.04 bits per heavy atom. The van der Waals surface area contributed by atoms with Gasteiger partial charge >= 0.3 is 8.80 Å². The summed E-state index contributed by atoms with van der Waals surface area (Å²) in [5, 5.41) is 1.18. The molecule has 0 fully saturated rings. The summed E-state index contributed by atoms with van der Waals surface area (Å²) in [4.78, 5) is 0. The van der Waals surface area contributed by atoms with Crippen LogP contribution in [0.25, 0.3) is 0 Å². The van der Waals surface area contributed by atoms with Gasteiger partial charge < -0.3 is 13.3 Å². The summed E-state index contributed by atoms with van der Waals surface area (Å²) in [5.74, 6) is 0. The first-order valence-electron chi connectivity index (χ1n) is 10.0. The lowest BCUT2D eigenvalue weighted by Crippen LogP contribution is -2.59. The number of benzene rings is 1. The largest absolute Gasteiger partial charge is 0.537 e. The van der Waals surface area contributed by atoms with Crippen molar-refractivity contribution in [3.63, 3.8) is 0 Å². The zero-order chi connectivity index (χ0) is 18.7. The van der Waals surface area contributed by atoms with E-state index in [0.717, 1.165) is 38.5 Å². The fourth-order valence-electron chi connectivity index (χ4n) is 3.06. The second kappa shape index (κ2) is 11.8. The summed E-state index contributed by atoms with van der Waals surface area (Å²) >= 11 is 0. The molecule has 0 aliphatic rings. The highest BCUT2D eigenvalue weighted by Crippen LogP contribution is 2.19. The highest BCUT2D eigenvalue weighted by atomic mass is 28.4. The van der Waals surface area contributed by atoms with Crippen LogP contribution in [0.5, 0.6) is 0 Å². The van der Waals surface area contributed by atoms with Crippen LogP contribution in [-0.4, -0.2) is 28.6 Å². The van der Waals surface area contributed by atoms with Crippen molar-refractivity contribution in [2.45, 2.75) is 80.1 Å².